The van der Waals surface area contributed by atoms with Crippen LogP contribution in [0.2, 0.25) is 5.02 Å². The van der Waals surface area contributed by atoms with E-state index in [-0.39, 0.29) is 18.9 Å². The number of anilines is 1. The molecular weight excluding hydrogens is 434 g/mol. The number of hydrogen-bond donors (Lipinski definition) is 1. The van der Waals surface area contributed by atoms with E-state index in [1.807, 2.05) is 54.8 Å². The van der Waals surface area contributed by atoms with Crippen LogP contribution in [0, 0.1) is 0 Å². The number of benzene rings is 2. The molecule has 1 aromatic heterocycles. The van der Waals surface area contributed by atoms with Crippen LogP contribution in [0.15, 0.2) is 53.9 Å². The van der Waals surface area contributed by atoms with E-state index in [0.717, 1.165) is 22.4 Å². The van der Waals surface area contributed by atoms with Crippen molar-refractivity contribution >= 4 is 39.8 Å². The fraction of sp³-hybridized carbons (Fsp3) is 0.250. The van der Waals surface area contributed by atoms with Gasteiger partial charge in [0, 0.05) is 22.4 Å². The van der Waals surface area contributed by atoms with Gasteiger partial charge in [-0.25, -0.2) is 4.79 Å². The van der Waals surface area contributed by atoms with Crippen LogP contribution in [-0.4, -0.2) is 25.1 Å². The zero-order chi connectivity index (χ0) is 22.2. The molecule has 0 fully saturated rings. The Labute approximate surface area is 191 Å². The summed E-state index contributed by atoms with van der Waals surface area (Å²) in [5.74, 6) is 0.122. The molecular formula is C24H24ClNO4S. The van der Waals surface area contributed by atoms with E-state index < -0.39 is 5.97 Å². The summed E-state index contributed by atoms with van der Waals surface area (Å²) in [6.45, 7) is 4.51. The lowest BCUT2D eigenvalue weighted by Gasteiger charge is -2.10. The average molecular weight is 458 g/mol. The summed E-state index contributed by atoms with van der Waals surface area (Å²) in [5.41, 5.74) is 2.92. The summed E-state index contributed by atoms with van der Waals surface area (Å²) >= 11 is 7.31. The first-order chi connectivity index (χ1) is 15.0. The number of carbonyl (C=O) groups excluding carboxylic acids is 2. The van der Waals surface area contributed by atoms with Gasteiger partial charge in [-0.3, -0.25) is 4.79 Å². The van der Waals surface area contributed by atoms with E-state index in [1.54, 1.807) is 13.0 Å². The van der Waals surface area contributed by atoms with E-state index >= 15 is 0 Å². The Morgan fingerprint density at radius 1 is 1.06 bits per heavy atom. The van der Waals surface area contributed by atoms with Gasteiger partial charge in [0.15, 0.2) is 0 Å². The molecule has 162 valence electrons. The molecule has 3 aromatic rings. The van der Waals surface area contributed by atoms with Gasteiger partial charge in [0.1, 0.15) is 16.3 Å². The fourth-order valence-corrected chi connectivity index (χ4v) is 4.29. The second kappa shape index (κ2) is 11.0. The van der Waals surface area contributed by atoms with Crippen molar-refractivity contribution in [3.8, 4) is 16.9 Å². The minimum Gasteiger partial charge on any atom is -0.494 e. The Morgan fingerprint density at radius 2 is 1.84 bits per heavy atom. The smallest absolute Gasteiger partial charge is 0.341 e. The summed E-state index contributed by atoms with van der Waals surface area (Å²) < 4.78 is 10.7. The van der Waals surface area contributed by atoms with Crippen LogP contribution in [-0.2, 0) is 16.0 Å². The van der Waals surface area contributed by atoms with Crippen LogP contribution in [0.5, 0.6) is 5.75 Å². The first kappa shape index (κ1) is 22.8. The van der Waals surface area contributed by atoms with Crippen molar-refractivity contribution in [1.29, 1.82) is 0 Å². The Bertz CT molecular complexity index is 1050. The third-order valence-electron chi connectivity index (χ3n) is 4.53. The number of halogens is 1. The maximum absolute atomic E-state index is 12.7. The Hall–Kier alpha value is -2.83. The molecule has 0 aliphatic heterocycles. The lowest BCUT2D eigenvalue weighted by Crippen LogP contribution is -2.15. The van der Waals surface area contributed by atoms with Gasteiger partial charge in [-0.1, -0.05) is 35.9 Å². The molecule has 31 heavy (non-hydrogen) atoms. The van der Waals surface area contributed by atoms with Gasteiger partial charge in [0.25, 0.3) is 0 Å². The maximum Gasteiger partial charge on any atom is 0.341 e. The van der Waals surface area contributed by atoms with Gasteiger partial charge < -0.3 is 14.8 Å². The molecule has 5 nitrogen and oxygen atoms in total. The van der Waals surface area contributed by atoms with Crippen LogP contribution >= 0.6 is 22.9 Å². The molecule has 0 unspecified atom stereocenters. The summed E-state index contributed by atoms with van der Waals surface area (Å²) in [5, 5.41) is 5.86. The lowest BCUT2D eigenvalue weighted by molar-refractivity contribution is -0.116. The molecule has 1 N–H and O–H groups in total. The molecule has 0 saturated heterocycles. The van der Waals surface area contributed by atoms with Crippen LogP contribution in [0.25, 0.3) is 11.1 Å². The number of amides is 1. The molecule has 0 aliphatic rings. The Kier molecular flexibility index (Phi) is 8.09. The maximum atomic E-state index is 12.7. The SMILES string of the molecule is CCOC(=O)c1c(-c2ccc(OCC)cc2)csc1NC(=O)CCc1cccc(Cl)c1. The number of thiophene rings is 1. The monoisotopic (exact) mass is 457 g/mol. The van der Waals surface area contributed by atoms with Gasteiger partial charge in [-0.05, 0) is 55.7 Å². The highest BCUT2D eigenvalue weighted by atomic mass is 35.5. The van der Waals surface area contributed by atoms with Gasteiger partial charge in [0.05, 0.1) is 13.2 Å². The largest absolute Gasteiger partial charge is 0.494 e. The van der Waals surface area contributed by atoms with E-state index in [9.17, 15) is 9.59 Å². The number of rotatable bonds is 9. The van der Waals surface area contributed by atoms with Gasteiger partial charge in [-0.15, -0.1) is 11.3 Å². The third-order valence-corrected chi connectivity index (χ3v) is 5.66. The highest BCUT2D eigenvalue weighted by molar-refractivity contribution is 7.15. The predicted octanol–water partition coefficient (Wildman–Crippen LogP) is 6.22. The molecule has 1 amide bonds. The number of ether oxygens (including phenoxy) is 2. The van der Waals surface area contributed by atoms with Crippen LogP contribution in [0.1, 0.15) is 36.2 Å². The van der Waals surface area contributed by atoms with Crippen molar-refractivity contribution in [1.82, 2.24) is 0 Å². The highest BCUT2D eigenvalue weighted by Gasteiger charge is 2.22. The van der Waals surface area contributed by atoms with Crippen molar-refractivity contribution in [2.45, 2.75) is 26.7 Å². The highest BCUT2D eigenvalue weighted by Crippen LogP contribution is 2.37. The molecule has 0 radical (unpaired) electrons. The molecule has 7 heteroatoms. The summed E-state index contributed by atoms with van der Waals surface area (Å²) in [4.78, 5) is 25.2. The van der Waals surface area contributed by atoms with Gasteiger partial charge in [-0.2, -0.15) is 0 Å². The van der Waals surface area contributed by atoms with E-state index in [2.05, 4.69) is 5.32 Å². The summed E-state index contributed by atoms with van der Waals surface area (Å²) in [6.07, 6.45) is 0.831. The van der Waals surface area contributed by atoms with Crippen molar-refractivity contribution in [2.24, 2.45) is 0 Å². The summed E-state index contributed by atoms with van der Waals surface area (Å²) in [7, 11) is 0. The first-order valence-corrected chi connectivity index (χ1v) is 11.3. The molecule has 1 heterocycles. The van der Waals surface area contributed by atoms with Crippen molar-refractivity contribution in [3.05, 3.63) is 70.1 Å². The quantitative estimate of drug-likeness (QED) is 0.387. The molecule has 0 spiro atoms. The Balaban J connectivity index is 1.79. The number of esters is 1. The molecule has 0 saturated carbocycles. The third kappa shape index (κ3) is 6.09. The number of aryl methyl sites for hydroxylation is 1. The molecule has 3 rings (SSSR count). The number of hydrogen-bond acceptors (Lipinski definition) is 5. The number of carbonyl (C=O) groups is 2. The molecule has 2 aromatic carbocycles. The van der Waals surface area contributed by atoms with Crippen molar-refractivity contribution in [3.63, 3.8) is 0 Å². The zero-order valence-corrected chi connectivity index (χ0v) is 19.0. The second-order valence-electron chi connectivity index (χ2n) is 6.71. The van der Waals surface area contributed by atoms with Crippen molar-refractivity contribution < 1.29 is 19.1 Å². The summed E-state index contributed by atoms with van der Waals surface area (Å²) in [6, 6.07) is 14.9. The number of nitrogens with one attached hydrogen (secondary N) is 1. The van der Waals surface area contributed by atoms with E-state index in [0.29, 0.717) is 28.6 Å². The lowest BCUT2D eigenvalue weighted by atomic mass is 10.0. The molecule has 0 aliphatic carbocycles. The minimum atomic E-state index is -0.460. The topological polar surface area (TPSA) is 64.6 Å². The van der Waals surface area contributed by atoms with Gasteiger partial charge in [0.2, 0.25) is 5.91 Å². The predicted molar refractivity (Wildman–Crippen MR) is 125 cm³/mol. The normalized spacial score (nSPS) is 10.5. The molecule has 0 bridgehead atoms. The van der Waals surface area contributed by atoms with Crippen LogP contribution in [0.3, 0.4) is 0 Å². The average Bonchev–Trinajstić information content (AvgIpc) is 3.17. The standard InChI is InChI=1S/C24H24ClNO4S/c1-3-29-19-11-9-17(10-12-19)20-15-31-23(22(20)24(28)30-4-2)26-21(27)13-8-16-6-5-7-18(25)14-16/h5-7,9-12,14-15H,3-4,8,13H2,1-2H3,(H,26,27). The van der Waals surface area contributed by atoms with E-state index in [1.165, 1.54) is 11.3 Å². The van der Waals surface area contributed by atoms with Gasteiger partial charge >= 0.3 is 5.97 Å². The van der Waals surface area contributed by atoms with E-state index in [4.69, 9.17) is 21.1 Å². The first-order valence-electron chi connectivity index (χ1n) is 10.1. The van der Waals surface area contributed by atoms with Crippen LogP contribution < -0.4 is 10.1 Å². The van der Waals surface area contributed by atoms with Crippen LogP contribution in [0.4, 0.5) is 5.00 Å². The van der Waals surface area contributed by atoms with Crippen molar-refractivity contribution in [2.75, 3.05) is 18.5 Å². The zero-order valence-electron chi connectivity index (χ0n) is 17.4. The fourth-order valence-electron chi connectivity index (χ4n) is 3.11. The molecule has 0 atom stereocenters. The minimum absolute atomic E-state index is 0.175. The second-order valence-corrected chi connectivity index (χ2v) is 8.03. The Morgan fingerprint density at radius 3 is 2.52 bits per heavy atom.